The van der Waals surface area contributed by atoms with Crippen LogP contribution in [0.25, 0.3) is 0 Å². The van der Waals surface area contributed by atoms with Crippen molar-refractivity contribution in [3.63, 3.8) is 0 Å². The first-order chi connectivity index (χ1) is 7.69. The number of ether oxygens (including phenoxy) is 1. The number of nitrogens with zero attached hydrogens (tertiary/aromatic N) is 1. The lowest BCUT2D eigenvalue weighted by Crippen LogP contribution is -2.02. The largest absolute Gasteiger partial charge is 0.487 e. The Morgan fingerprint density at radius 3 is 2.81 bits per heavy atom. The zero-order valence-electron chi connectivity index (χ0n) is 8.46. The summed E-state index contributed by atoms with van der Waals surface area (Å²) in [5.41, 5.74) is 0.119. The zero-order chi connectivity index (χ0) is 12.0. The number of carbonyl (C=O) groups excluding carboxylic acids is 1. The maximum absolute atomic E-state index is 10.6. The highest BCUT2D eigenvalue weighted by atomic mass is 16.6. The Morgan fingerprint density at radius 2 is 2.25 bits per heavy atom. The first-order valence-electron chi connectivity index (χ1n) is 4.66. The van der Waals surface area contributed by atoms with Crippen LogP contribution in [-0.2, 0) is 0 Å². The third kappa shape index (κ3) is 3.03. The summed E-state index contributed by atoms with van der Waals surface area (Å²) in [4.78, 5) is 20.6. The number of aliphatic hydroxyl groups excluding tert-OH is 1. The fourth-order valence-electron chi connectivity index (χ4n) is 1.12. The Morgan fingerprint density at radius 1 is 1.50 bits per heavy atom. The molecule has 0 aliphatic rings. The highest BCUT2D eigenvalue weighted by Gasteiger charge is 2.15. The maximum atomic E-state index is 10.6. The fraction of sp³-hybridized carbons (Fsp3) is 0.300. The molecule has 0 saturated heterocycles. The van der Waals surface area contributed by atoms with E-state index in [2.05, 4.69) is 0 Å². The molecule has 0 bridgehead atoms. The summed E-state index contributed by atoms with van der Waals surface area (Å²) >= 11 is 0. The molecule has 0 heterocycles. The van der Waals surface area contributed by atoms with Crippen molar-refractivity contribution in [2.75, 3.05) is 13.2 Å². The van der Waals surface area contributed by atoms with Crippen LogP contribution in [0.4, 0.5) is 5.69 Å². The van der Waals surface area contributed by atoms with Crippen LogP contribution in [0.1, 0.15) is 16.8 Å². The molecule has 0 aliphatic carbocycles. The van der Waals surface area contributed by atoms with Gasteiger partial charge in [0.25, 0.3) is 0 Å². The third-order valence-corrected chi connectivity index (χ3v) is 1.88. The second-order valence-corrected chi connectivity index (χ2v) is 3.03. The number of benzene rings is 1. The average Bonchev–Trinajstić information content (AvgIpc) is 2.29. The summed E-state index contributed by atoms with van der Waals surface area (Å²) in [7, 11) is 0. The number of aliphatic hydroxyl groups is 1. The predicted molar refractivity (Wildman–Crippen MR) is 55.7 cm³/mol. The Labute approximate surface area is 91.6 Å². The van der Waals surface area contributed by atoms with E-state index in [9.17, 15) is 14.9 Å². The monoisotopic (exact) mass is 225 g/mol. The van der Waals surface area contributed by atoms with Crippen molar-refractivity contribution >= 4 is 12.0 Å². The van der Waals surface area contributed by atoms with E-state index < -0.39 is 4.92 Å². The predicted octanol–water partition coefficient (Wildman–Crippen LogP) is 1.17. The van der Waals surface area contributed by atoms with E-state index in [1.54, 1.807) is 0 Å². The zero-order valence-corrected chi connectivity index (χ0v) is 8.46. The molecule has 0 spiro atoms. The Balaban J connectivity index is 2.91. The molecule has 0 aromatic heterocycles. The van der Waals surface area contributed by atoms with Gasteiger partial charge in [0, 0.05) is 24.7 Å². The van der Waals surface area contributed by atoms with Crippen LogP contribution in [0.2, 0.25) is 0 Å². The number of nitro benzene ring substituents is 1. The summed E-state index contributed by atoms with van der Waals surface area (Å²) in [6, 6.07) is 3.88. The molecule has 0 atom stereocenters. The normalized spacial score (nSPS) is 9.81. The molecule has 0 fully saturated rings. The molecule has 0 saturated carbocycles. The summed E-state index contributed by atoms with van der Waals surface area (Å²) in [5, 5.41) is 19.2. The van der Waals surface area contributed by atoms with Gasteiger partial charge in [0.05, 0.1) is 11.5 Å². The summed E-state index contributed by atoms with van der Waals surface area (Å²) < 4.78 is 5.12. The van der Waals surface area contributed by atoms with Crippen molar-refractivity contribution in [1.29, 1.82) is 0 Å². The van der Waals surface area contributed by atoms with E-state index in [4.69, 9.17) is 9.84 Å². The third-order valence-electron chi connectivity index (χ3n) is 1.88. The fourth-order valence-corrected chi connectivity index (χ4v) is 1.12. The Kier molecular flexibility index (Phi) is 4.41. The van der Waals surface area contributed by atoms with Crippen LogP contribution in [0.15, 0.2) is 18.2 Å². The molecule has 0 amide bonds. The van der Waals surface area contributed by atoms with E-state index in [0.717, 1.165) is 0 Å². The lowest BCUT2D eigenvalue weighted by atomic mass is 10.2. The van der Waals surface area contributed by atoms with Crippen LogP contribution in [0.3, 0.4) is 0 Å². The minimum Gasteiger partial charge on any atom is -0.487 e. The molecule has 16 heavy (non-hydrogen) atoms. The second kappa shape index (κ2) is 5.82. The van der Waals surface area contributed by atoms with Crippen molar-refractivity contribution in [1.82, 2.24) is 0 Å². The van der Waals surface area contributed by atoms with Gasteiger partial charge in [-0.15, -0.1) is 0 Å². The van der Waals surface area contributed by atoms with Gasteiger partial charge in [-0.3, -0.25) is 14.9 Å². The summed E-state index contributed by atoms with van der Waals surface area (Å²) in [6.45, 7) is 0.112. The summed E-state index contributed by atoms with van der Waals surface area (Å²) in [6.07, 6.45) is 0.963. The van der Waals surface area contributed by atoms with Crippen molar-refractivity contribution in [3.8, 4) is 5.75 Å². The molecular formula is C10H11NO5. The highest BCUT2D eigenvalue weighted by Crippen LogP contribution is 2.27. The van der Waals surface area contributed by atoms with Crippen molar-refractivity contribution < 1.29 is 19.6 Å². The van der Waals surface area contributed by atoms with E-state index >= 15 is 0 Å². The van der Waals surface area contributed by atoms with E-state index in [0.29, 0.717) is 18.3 Å². The number of carbonyl (C=O) groups is 1. The average molecular weight is 225 g/mol. The van der Waals surface area contributed by atoms with Gasteiger partial charge in [-0.1, -0.05) is 0 Å². The molecule has 0 unspecified atom stereocenters. The number of nitro groups is 1. The van der Waals surface area contributed by atoms with Crippen LogP contribution in [-0.4, -0.2) is 29.5 Å². The van der Waals surface area contributed by atoms with Crippen LogP contribution < -0.4 is 4.74 Å². The molecule has 0 aliphatic heterocycles. The number of hydrogen-bond acceptors (Lipinski definition) is 5. The number of rotatable bonds is 6. The highest BCUT2D eigenvalue weighted by molar-refractivity contribution is 5.76. The second-order valence-electron chi connectivity index (χ2n) is 3.03. The first-order valence-corrected chi connectivity index (χ1v) is 4.66. The van der Waals surface area contributed by atoms with Gasteiger partial charge in [-0.25, -0.2) is 0 Å². The lowest BCUT2D eigenvalue weighted by Gasteiger charge is -2.05. The van der Waals surface area contributed by atoms with Crippen LogP contribution in [0, 0.1) is 10.1 Å². The van der Waals surface area contributed by atoms with E-state index in [1.165, 1.54) is 18.2 Å². The van der Waals surface area contributed by atoms with Gasteiger partial charge in [0.15, 0.2) is 5.75 Å². The minimum absolute atomic E-state index is 0.0445. The van der Waals surface area contributed by atoms with Gasteiger partial charge in [0.2, 0.25) is 0 Å². The van der Waals surface area contributed by atoms with E-state index in [-0.39, 0.29) is 24.7 Å². The van der Waals surface area contributed by atoms with Gasteiger partial charge >= 0.3 is 5.69 Å². The molecule has 6 nitrogen and oxygen atoms in total. The number of aldehydes is 1. The molecule has 1 aromatic rings. The molecule has 6 heteroatoms. The molecule has 0 radical (unpaired) electrons. The first kappa shape index (κ1) is 12.1. The lowest BCUT2D eigenvalue weighted by molar-refractivity contribution is -0.385. The standard InChI is InChI=1S/C10H11NO5/c12-4-1-5-16-10-6-8(7-13)2-3-9(10)11(14)15/h2-3,6-7,12H,1,4-5H2. The van der Waals surface area contributed by atoms with Gasteiger partial charge < -0.3 is 9.84 Å². The topological polar surface area (TPSA) is 89.7 Å². The quantitative estimate of drug-likeness (QED) is 0.339. The van der Waals surface area contributed by atoms with Crippen molar-refractivity contribution in [2.24, 2.45) is 0 Å². The Bertz CT molecular complexity index is 391. The van der Waals surface area contributed by atoms with E-state index in [1.807, 2.05) is 0 Å². The molecular weight excluding hydrogens is 214 g/mol. The number of hydrogen-bond donors (Lipinski definition) is 1. The van der Waals surface area contributed by atoms with Gasteiger partial charge in [-0.2, -0.15) is 0 Å². The molecule has 1 N–H and O–H groups in total. The SMILES string of the molecule is O=Cc1ccc([N+](=O)[O-])c(OCCCO)c1. The Hall–Kier alpha value is -1.95. The van der Waals surface area contributed by atoms with Crippen molar-refractivity contribution in [3.05, 3.63) is 33.9 Å². The molecule has 86 valence electrons. The van der Waals surface area contributed by atoms with Crippen LogP contribution >= 0.6 is 0 Å². The van der Waals surface area contributed by atoms with Gasteiger partial charge in [0.1, 0.15) is 6.29 Å². The van der Waals surface area contributed by atoms with Crippen molar-refractivity contribution in [2.45, 2.75) is 6.42 Å². The van der Waals surface area contributed by atoms with Gasteiger partial charge in [-0.05, 0) is 12.1 Å². The molecule has 1 rings (SSSR count). The minimum atomic E-state index is -0.580. The molecule has 1 aromatic carbocycles. The smallest absolute Gasteiger partial charge is 0.310 e. The van der Waals surface area contributed by atoms with Crippen LogP contribution in [0.5, 0.6) is 5.75 Å². The summed E-state index contributed by atoms with van der Waals surface area (Å²) in [5.74, 6) is 0.0445. The maximum Gasteiger partial charge on any atom is 0.310 e.